The average Bonchev–Trinajstić information content (AvgIpc) is 2.44. The smallest absolute Gasteiger partial charge is 0.306 e. The molecule has 0 saturated heterocycles. The zero-order chi connectivity index (χ0) is 13.7. The van der Waals surface area contributed by atoms with Crippen molar-refractivity contribution in [3.8, 4) is 0 Å². The lowest BCUT2D eigenvalue weighted by Gasteiger charge is -2.11. The predicted molar refractivity (Wildman–Crippen MR) is 76.0 cm³/mol. The molecule has 0 aliphatic carbocycles. The van der Waals surface area contributed by atoms with Gasteiger partial charge in [-0.25, -0.2) is 0 Å². The summed E-state index contributed by atoms with van der Waals surface area (Å²) in [6, 6.07) is 12.0. The molecule has 0 N–H and O–H groups in total. The first kappa shape index (κ1) is 13.5. The fraction of sp³-hybridized carbons (Fsp3) is 0.375. The molecular formula is C16H19NO2. The first-order valence-corrected chi connectivity index (χ1v) is 6.72. The number of benzene rings is 1. The summed E-state index contributed by atoms with van der Waals surface area (Å²) in [4.78, 5) is 16.2. The number of fused-ring (bicyclic) bond motifs is 1. The van der Waals surface area contributed by atoms with E-state index in [1.54, 1.807) is 0 Å². The van der Waals surface area contributed by atoms with Crippen molar-refractivity contribution in [2.24, 2.45) is 0 Å². The van der Waals surface area contributed by atoms with Gasteiger partial charge in [0, 0.05) is 17.0 Å². The summed E-state index contributed by atoms with van der Waals surface area (Å²) in [7, 11) is 0. The maximum atomic E-state index is 11.6. The topological polar surface area (TPSA) is 39.2 Å². The molecule has 0 aliphatic rings. The van der Waals surface area contributed by atoms with Gasteiger partial charge in [0.1, 0.15) is 0 Å². The van der Waals surface area contributed by atoms with Crippen molar-refractivity contribution in [1.29, 1.82) is 0 Å². The van der Waals surface area contributed by atoms with Crippen LogP contribution in [0.5, 0.6) is 0 Å². The molecule has 19 heavy (non-hydrogen) atoms. The standard InChI is InChI=1S/C16H19NO2/c1-3-10-19-16(18)11-12(2)14-9-8-13-6-4-5-7-15(13)17-14/h4-9,12H,3,10-11H2,1-2H3. The van der Waals surface area contributed by atoms with E-state index in [0.29, 0.717) is 13.0 Å². The second kappa shape index (κ2) is 6.32. The highest BCUT2D eigenvalue weighted by Crippen LogP contribution is 2.20. The van der Waals surface area contributed by atoms with Gasteiger partial charge in [-0.2, -0.15) is 0 Å². The number of hydrogen-bond donors (Lipinski definition) is 0. The monoisotopic (exact) mass is 257 g/mol. The molecule has 0 bridgehead atoms. The molecule has 2 aromatic rings. The summed E-state index contributed by atoms with van der Waals surface area (Å²) in [6.45, 7) is 4.49. The van der Waals surface area contributed by atoms with E-state index in [4.69, 9.17) is 4.74 Å². The lowest BCUT2D eigenvalue weighted by Crippen LogP contribution is -2.10. The molecule has 1 unspecified atom stereocenters. The number of carbonyl (C=O) groups is 1. The van der Waals surface area contributed by atoms with Crippen LogP contribution in [0.3, 0.4) is 0 Å². The molecule has 0 fully saturated rings. The van der Waals surface area contributed by atoms with Gasteiger partial charge in [0.25, 0.3) is 0 Å². The summed E-state index contributed by atoms with van der Waals surface area (Å²) >= 11 is 0. The highest BCUT2D eigenvalue weighted by Gasteiger charge is 2.13. The molecule has 2 rings (SSSR count). The fourth-order valence-electron chi connectivity index (χ4n) is 1.99. The minimum absolute atomic E-state index is 0.0777. The summed E-state index contributed by atoms with van der Waals surface area (Å²) in [5.41, 5.74) is 1.90. The first-order chi connectivity index (χ1) is 9.20. The molecule has 1 aromatic heterocycles. The van der Waals surface area contributed by atoms with Gasteiger partial charge in [-0.05, 0) is 18.6 Å². The van der Waals surface area contributed by atoms with Crippen LogP contribution in [0.15, 0.2) is 36.4 Å². The number of nitrogens with zero attached hydrogens (tertiary/aromatic N) is 1. The number of rotatable bonds is 5. The van der Waals surface area contributed by atoms with Crippen molar-refractivity contribution in [3.05, 3.63) is 42.1 Å². The van der Waals surface area contributed by atoms with Crippen LogP contribution in [0.2, 0.25) is 0 Å². The molecule has 0 radical (unpaired) electrons. The zero-order valence-corrected chi connectivity index (χ0v) is 11.4. The SMILES string of the molecule is CCCOC(=O)CC(C)c1ccc2ccccc2n1. The van der Waals surface area contributed by atoms with Gasteiger partial charge < -0.3 is 4.74 Å². The Kier molecular flexibility index (Phi) is 4.50. The van der Waals surface area contributed by atoms with Gasteiger partial charge in [-0.1, -0.05) is 38.1 Å². The molecule has 100 valence electrons. The highest BCUT2D eigenvalue weighted by molar-refractivity contribution is 5.78. The van der Waals surface area contributed by atoms with Crippen molar-refractivity contribution >= 4 is 16.9 Å². The van der Waals surface area contributed by atoms with Gasteiger partial charge in [0.05, 0.1) is 18.5 Å². The number of hydrogen-bond acceptors (Lipinski definition) is 3. The number of aromatic nitrogens is 1. The average molecular weight is 257 g/mol. The van der Waals surface area contributed by atoms with Crippen molar-refractivity contribution in [3.63, 3.8) is 0 Å². The number of para-hydroxylation sites is 1. The van der Waals surface area contributed by atoms with Gasteiger partial charge >= 0.3 is 5.97 Å². The Morgan fingerprint density at radius 1 is 1.26 bits per heavy atom. The Balaban J connectivity index is 2.08. The number of carbonyl (C=O) groups excluding carboxylic acids is 1. The van der Waals surface area contributed by atoms with Crippen LogP contribution < -0.4 is 0 Å². The third-order valence-corrected chi connectivity index (χ3v) is 3.06. The Labute approximate surface area is 113 Å². The lowest BCUT2D eigenvalue weighted by molar-refractivity contribution is -0.144. The van der Waals surface area contributed by atoms with Gasteiger partial charge in [0.15, 0.2) is 0 Å². The summed E-state index contributed by atoms with van der Waals surface area (Å²) in [5, 5.41) is 1.12. The fourth-order valence-corrected chi connectivity index (χ4v) is 1.99. The Bertz CT molecular complexity index is 565. The van der Waals surface area contributed by atoms with E-state index in [1.807, 2.05) is 50.2 Å². The summed E-state index contributed by atoms with van der Waals surface area (Å²) in [6.07, 6.45) is 1.24. The van der Waals surface area contributed by atoms with Crippen LogP contribution in [-0.2, 0) is 9.53 Å². The highest BCUT2D eigenvalue weighted by atomic mass is 16.5. The molecule has 0 amide bonds. The number of esters is 1. The van der Waals surface area contributed by atoms with E-state index in [1.165, 1.54) is 0 Å². The molecule has 3 nitrogen and oxygen atoms in total. The molecule has 1 atom stereocenters. The second-order valence-electron chi connectivity index (χ2n) is 4.75. The molecule has 1 aromatic carbocycles. The lowest BCUT2D eigenvalue weighted by atomic mass is 10.0. The first-order valence-electron chi connectivity index (χ1n) is 6.72. The van der Waals surface area contributed by atoms with E-state index in [-0.39, 0.29) is 11.9 Å². The van der Waals surface area contributed by atoms with Crippen LogP contribution in [-0.4, -0.2) is 17.6 Å². The molecule has 1 heterocycles. The van der Waals surface area contributed by atoms with E-state index >= 15 is 0 Å². The van der Waals surface area contributed by atoms with E-state index in [9.17, 15) is 4.79 Å². The normalized spacial score (nSPS) is 12.3. The molecule has 3 heteroatoms. The largest absolute Gasteiger partial charge is 0.466 e. The minimum Gasteiger partial charge on any atom is -0.466 e. The van der Waals surface area contributed by atoms with Gasteiger partial charge in [-0.3, -0.25) is 9.78 Å². The van der Waals surface area contributed by atoms with Crippen molar-refractivity contribution in [2.45, 2.75) is 32.6 Å². The Morgan fingerprint density at radius 2 is 2.05 bits per heavy atom. The third kappa shape index (κ3) is 3.53. The summed E-state index contributed by atoms with van der Waals surface area (Å²) < 4.78 is 5.10. The molecular weight excluding hydrogens is 238 g/mol. The van der Waals surface area contributed by atoms with Gasteiger partial charge in [-0.15, -0.1) is 0 Å². The van der Waals surface area contributed by atoms with Crippen LogP contribution in [0.25, 0.3) is 10.9 Å². The molecule has 0 aliphatic heterocycles. The van der Waals surface area contributed by atoms with Crippen molar-refractivity contribution in [2.75, 3.05) is 6.61 Å². The van der Waals surface area contributed by atoms with Crippen LogP contribution in [0.4, 0.5) is 0 Å². The maximum Gasteiger partial charge on any atom is 0.306 e. The van der Waals surface area contributed by atoms with Crippen molar-refractivity contribution in [1.82, 2.24) is 4.98 Å². The minimum atomic E-state index is -0.149. The number of pyridine rings is 1. The van der Waals surface area contributed by atoms with Gasteiger partial charge in [0.2, 0.25) is 0 Å². The van der Waals surface area contributed by atoms with Crippen LogP contribution in [0.1, 0.15) is 38.3 Å². The van der Waals surface area contributed by atoms with E-state index < -0.39 is 0 Å². The van der Waals surface area contributed by atoms with E-state index in [0.717, 1.165) is 23.0 Å². The van der Waals surface area contributed by atoms with E-state index in [2.05, 4.69) is 4.98 Å². The second-order valence-corrected chi connectivity index (χ2v) is 4.75. The number of ether oxygens (including phenoxy) is 1. The maximum absolute atomic E-state index is 11.6. The van der Waals surface area contributed by atoms with Crippen molar-refractivity contribution < 1.29 is 9.53 Å². The molecule has 0 saturated carbocycles. The molecule has 0 spiro atoms. The van der Waals surface area contributed by atoms with Crippen LogP contribution >= 0.6 is 0 Å². The predicted octanol–water partition coefficient (Wildman–Crippen LogP) is 3.68. The van der Waals surface area contributed by atoms with Crippen LogP contribution in [0, 0.1) is 0 Å². The third-order valence-electron chi connectivity index (χ3n) is 3.06. The quantitative estimate of drug-likeness (QED) is 0.767. The Morgan fingerprint density at radius 3 is 2.84 bits per heavy atom. The zero-order valence-electron chi connectivity index (χ0n) is 11.4. The Hall–Kier alpha value is -1.90. The summed E-state index contributed by atoms with van der Waals surface area (Å²) in [5.74, 6) is -0.0710.